The van der Waals surface area contributed by atoms with E-state index in [2.05, 4.69) is 14.9 Å². The molecule has 0 spiro atoms. The molecule has 0 radical (unpaired) electrons. The molecule has 2 heterocycles. The highest BCUT2D eigenvalue weighted by Gasteiger charge is 2.26. The van der Waals surface area contributed by atoms with E-state index in [1.807, 2.05) is 17.0 Å². The fourth-order valence-electron chi connectivity index (χ4n) is 3.06. The molecule has 1 N–H and O–H groups in total. The van der Waals surface area contributed by atoms with E-state index in [0.717, 1.165) is 24.4 Å². The molecule has 9 heteroatoms. The van der Waals surface area contributed by atoms with E-state index < -0.39 is 0 Å². The molecular weight excluding hydrogens is 380 g/mol. The predicted molar refractivity (Wildman–Crippen MR) is 105 cm³/mol. The molecule has 3 rings (SSSR count). The first-order valence-corrected chi connectivity index (χ1v) is 9.96. The van der Waals surface area contributed by atoms with Crippen molar-refractivity contribution in [2.75, 3.05) is 33.4 Å². The molecule has 28 heavy (non-hydrogen) atoms. The number of carbonyl (C=O) groups is 2. The van der Waals surface area contributed by atoms with Crippen LogP contribution >= 0.6 is 11.5 Å². The van der Waals surface area contributed by atoms with Crippen LogP contribution in [0.5, 0.6) is 11.5 Å². The molecular formula is C19H24N4O4S. The van der Waals surface area contributed by atoms with E-state index in [4.69, 9.17) is 9.47 Å². The van der Waals surface area contributed by atoms with Gasteiger partial charge in [0.05, 0.1) is 12.8 Å². The number of aromatic nitrogens is 2. The summed E-state index contributed by atoms with van der Waals surface area (Å²) in [6.45, 7) is 3.70. The fourth-order valence-corrected chi connectivity index (χ4v) is 3.69. The lowest BCUT2D eigenvalue weighted by atomic mass is 9.96. The summed E-state index contributed by atoms with van der Waals surface area (Å²) >= 11 is 1.14. The Bertz CT molecular complexity index is 818. The summed E-state index contributed by atoms with van der Waals surface area (Å²) < 4.78 is 14.5. The van der Waals surface area contributed by atoms with Crippen molar-refractivity contribution in [1.29, 1.82) is 0 Å². The number of nitrogens with zero attached hydrogens (tertiary/aromatic N) is 3. The first-order valence-electron chi connectivity index (χ1n) is 9.18. The Morgan fingerprint density at radius 1 is 1.29 bits per heavy atom. The largest absolute Gasteiger partial charge is 0.497 e. The molecule has 1 aliphatic heterocycles. The molecule has 2 amide bonds. The first-order chi connectivity index (χ1) is 13.6. The van der Waals surface area contributed by atoms with E-state index in [-0.39, 0.29) is 18.4 Å². The van der Waals surface area contributed by atoms with Crippen molar-refractivity contribution in [3.8, 4) is 11.5 Å². The Morgan fingerprint density at radius 2 is 2.04 bits per heavy atom. The third kappa shape index (κ3) is 5.19. The van der Waals surface area contributed by atoms with Crippen molar-refractivity contribution in [3.63, 3.8) is 0 Å². The van der Waals surface area contributed by atoms with Gasteiger partial charge in [0.15, 0.2) is 6.61 Å². The maximum atomic E-state index is 12.5. The van der Waals surface area contributed by atoms with Gasteiger partial charge in [-0.1, -0.05) is 10.6 Å². The number of methoxy groups -OCH3 is 1. The molecule has 0 bridgehead atoms. The Hall–Kier alpha value is -2.68. The second-order valence-electron chi connectivity index (χ2n) is 6.69. The van der Waals surface area contributed by atoms with Gasteiger partial charge in [-0.25, -0.2) is 0 Å². The zero-order valence-electron chi connectivity index (χ0n) is 16.0. The summed E-state index contributed by atoms with van der Waals surface area (Å²) in [5.74, 6) is 1.47. The lowest BCUT2D eigenvalue weighted by Crippen LogP contribution is -2.42. The Balaban J connectivity index is 1.37. The molecule has 150 valence electrons. The van der Waals surface area contributed by atoms with Crippen molar-refractivity contribution >= 4 is 23.3 Å². The van der Waals surface area contributed by atoms with Crippen LogP contribution in [0.4, 0.5) is 0 Å². The molecule has 1 aromatic heterocycles. The van der Waals surface area contributed by atoms with Gasteiger partial charge in [0, 0.05) is 25.7 Å². The summed E-state index contributed by atoms with van der Waals surface area (Å²) in [6, 6.07) is 7.14. The molecule has 1 aliphatic rings. The molecule has 0 atom stereocenters. The van der Waals surface area contributed by atoms with Crippen LogP contribution in [0.1, 0.15) is 28.2 Å². The predicted octanol–water partition coefficient (Wildman–Crippen LogP) is 1.90. The molecule has 0 saturated carbocycles. The highest BCUT2D eigenvalue weighted by Crippen LogP contribution is 2.21. The van der Waals surface area contributed by atoms with E-state index >= 15 is 0 Å². The monoisotopic (exact) mass is 404 g/mol. The third-order valence-corrected chi connectivity index (χ3v) is 5.56. The number of ether oxygens (including phenoxy) is 2. The van der Waals surface area contributed by atoms with E-state index in [0.29, 0.717) is 47.6 Å². The van der Waals surface area contributed by atoms with Crippen LogP contribution in [0, 0.1) is 12.8 Å². The average Bonchev–Trinajstić information content (AvgIpc) is 3.16. The Morgan fingerprint density at radius 3 is 2.71 bits per heavy atom. The molecule has 8 nitrogen and oxygen atoms in total. The Kier molecular flexibility index (Phi) is 6.80. The summed E-state index contributed by atoms with van der Waals surface area (Å²) in [7, 11) is 1.58. The highest BCUT2D eigenvalue weighted by molar-refractivity contribution is 7.07. The first kappa shape index (κ1) is 20.1. The lowest BCUT2D eigenvalue weighted by molar-refractivity contribution is -0.123. The highest BCUT2D eigenvalue weighted by atomic mass is 32.1. The normalized spacial score (nSPS) is 14.6. The van der Waals surface area contributed by atoms with Gasteiger partial charge in [-0.15, -0.1) is 5.10 Å². The van der Waals surface area contributed by atoms with Crippen LogP contribution in [0.3, 0.4) is 0 Å². The van der Waals surface area contributed by atoms with Crippen molar-refractivity contribution in [1.82, 2.24) is 19.8 Å². The third-order valence-electron chi connectivity index (χ3n) is 4.75. The zero-order chi connectivity index (χ0) is 19.9. The molecule has 2 aromatic rings. The maximum absolute atomic E-state index is 12.5. The summed E-state index contributed by atoms with van der Waals surface area (Å²) in [6.07, 6.45) is 1.71. The van der Waals surface area contributed by atoms with Crippen LogP contribution < -0.4 is 14.8 Å². The SMILES string of the molecule is COc1cccc(OCC(=O)NCC2CCN(C(=O)c3snnc3C)CC2)c1. The molecule has 1 fully saturated rings. The average molecular weight is 404 g/mol. The second kappa shape index (κ2) is 9.50. The van der Waals surface area contributed by atoms with Crippen molar-refractivity contribution in [2.45, 2.75) is 19.8 Å². The molecule has 1 saturated heterocycles. The number of amides is 2. The van der Waals surface area contributed by atoms with E-state index in [1.165, 1.54) is 0 Å². The minimum atomic E-state index is -0.160. The van der Waals surface area contributed by atoms with Crippen molar-refractivity contribution < 1.29 is 19.1 Å². The van der Waals surface area contributed by atoms with Gasteiger partial charge < -0.3 is 19.7 Å². The van der Waals surface area contributed by atoms with Gasteiger partial charge >= 0.3 is 0 Å². The number of benzene rings is 1. The van der Waals surface area contributed by atoms with Gasteiger partial charge in [0.25, 0.3) is 11.8 Å². The second-order valence-corrected chi connectivity index (χ2v) is 7.45. The Labute approximate surface area is 168 Å². The van der Waals surface area contributed by atoms with Gasteiger partial charge in [0.1, 0.15) is 16.4 Å². The molecule has 0 unspecified atom stereocenters. The summed E-state index contributed by atoms with van der Waals surface area (Å²) in [5.41, 5.74) is 0.681. The standard InChI is InChI=1S/C19H24N4O4S/c1-13-18(28-22-21-13)19(25)23-8-6-14(7-9-23)11-20-17(24)12-27-16-5-3-4-15(10-16)26-2/h3-5,10,14H,6-9,11-12H2,1-2H3,(H,20,24). The van der Waals surface area contributed by atoms with Crippen LogP contribution in [-0.2, 0) is 4.79 Å². The topological polar surface area (TPSA) is 93.7 Å². The minimum Gasteiger partial charge on any atom is -0.497 e. The minimum absolute atomic E-state index is 0.00155. The number of likely N-dealkylation sites (tertiary alicyclic amines) is 1. The summed E-state index contributed by atoms with van der Waals surface area (Å²) in [5, 5.41) is 6.82. The summed E-state index contributed by atoms with van der Waals surface area (Å²) in [4.78, 5) is 27.0. The number of hydrogen-bond donors (Lipinski definition) is 1. The van der Waals surface area contributed by atoms with Crippen molar-refractivity contribution in [2.24, 2.45) is 5.92 Å². The molecule has 1 aromatic carbocycles. The lowest BCUT2D eigenvalue weighted by Gasteiger charge is -2.31. The van der Waals surface area contributed by atoms with Crippen LogP contribution in [0.15, 0.2) is 24.3 Å². The van der Waals surface area contributed by atoms with Gasteiger partial charge in [-0.05, 0) is 49.3 Å². The van der Waals surface area contributed by atoms with E-state index in [1.54, 1.807) is 26.2 Å². The number of nitrogens with one attached hydrogen (secondary N) is 1. The van der Waals surface area contributed by atoms with Gasteiger partial charge in [-0.3, -0.25) is 9.59 Å². The van der Waals surface area contributed by atoms with Crippen molar-refractivity contribution in [3.05, 3.63) is 34.8 Å². The van der Waals surface area contributed by atoms with Crippen LogP contribution in [-0.4, -0.2) is 59.7 Å². The number of aryl methyl sites for hydroxylation is 1. The smallest absolute Gasteiger partial charge is 0.267 e. The van der Waals surface area contributed by atoms with E-state index in [9.17, 15) is 9.59 Å². The van der Waals surface area contributed by atoms with Crippen LogP contribution in [0.25, 0.3) is 0 Å². The number of carbonyl (C=O) groups excluding carboxylic acids is 2. The maximum Gasteiger partial charge on any atom is 0.267 e. The number of rotatable bonds is 7. The van der Waals surface area contributed by atoms with Crippen LogP contribution in [0.2, 0.25) is 0 Å². The number of piperidine rings is 1. The fraction of sp³-hybridized carbons (Fsp3) is 0.474. The van der Waals surface area contributed by atoms with Gasteiger partial charge in [0.2, 0.25) is 0 Å². The molecule has 0 aliphatic carbocycles. The van der Waals surface area contributed by atoms with Gasteiger partial charge in [-0.2, -0.15) is 0 Å². The number of hydrogen-bond acceptors (Lipinski definition) is 7. The quantitative estimate of drug-likeness (QED) is 0.758. The zero-order valence-corrected chi connectivity index (χ0v) is 16.8.